The van der Waals surface area contributed by atoms with Gasteiger partial charge in [0.15, 0.2) is 0 Å². The van der Waals surface area contributed by atoms with Gasteiger partial charge < -0.3 is 4.90 Å². The maximum Gasteiger partial charge on any atom is 0.0640 e. The standard InChI is InChI=1S/C45H31NS/c1-45(2)40-19-9-7-16-35(40)36-25-23-29(27-41(36)45)46(42-20-11-18-38-37-17-8-10-21-43(37)47-44(38)42)28-22-24-34-32-14-4-3-12-30(32)31-13-5-6-15-33(31)39(34)26-28/h3-27H,1-2H3. The van der Waals surface area contributed by atoms with E-state index in [2.05, 4.69) is 170 Å². The van der Waals surface area contributed by atoms with Crippen LogP contribution in [0.3, 0.4) is 0 Å². The summed E-state index contributed by atoms with van der Waals surface area (Å²) >= 11 is 1.89. The van der Waals surface area contributed by atoms with Crippen molar-refractivity contribution in [1.82, 2.24) is 0 Å². The molecule has 0 saturated carbocycles. The van der Waals surface area contributed by atoms with Crippen LogP contribution in [-0.4, -0.2) is 0 Å². The summed E-state index contributed by atoms with van der Waals surface area (Å²) in [5.41, 5.74) is 8.93. The Hall–Kier alpha value is -5.44. The normalized spacial score (nSPS) is 13.5. The highest BCUT2D eigenvalue weighted by atomic mass is 32.1. The lowest BCUT2D eigenvalue weighted by Gasteiger charge is -2.29. The van der Waals surface area contributed by atoms with Crippen LogP contribution in [0.5, 0.6) is 0 Å². The average molecular weight is 618 g/mol. The van der Waals surface area contributed by atoms with Crippen LogP contribution in [0.4, 0.5) is 17.1 Å². The molecule has 1 heterocycles. The van der Waals surface area contributed by atoms with E-state index in [1.807, 2.05) is 11.3 Å². The zero-order chi connectivity index (χ0) is 31.3. The summed E-state index contributed by atoms with van der Waals surface area (Å²) in [5, 5.41) is 10.4. The van der Waals surface area contributed by atoms with Crippen LogP contribution in [0.2, 0.25) is 0 Å². The summed E-state index contributed by atoms with van der Waals surface area (Å²) in [7, 11) is 0. The molecule has 0 N–H and O–H groups in total. The highest BCUT2D eigenvalue weighted by Gasteiger charge is 2.36. The van der Waals surface area contributed by atoms with Gasteiger partial charge in [-0.1, -0.05) is 129 Å². The number of nitrogens with zero attached hydrogens (tertiary/aromatic N) is 1. The number of benzene rings is 8. The maximum absolute atomic E-state index is 2.50. The summed E-state index contributed by atoms with van der Waals surface area (Å²) < 4.78 is 2.62. The van der Waals surface area contributed by atoms with E-state index in [9.17, 15) is 0 Å². The molecule has 222 valence electrons. The molecule has 0 fully saturated rings. The van der Waals surface area contributed by atoms with E-state index in [0.29, 0.717) is 0 Å². The quantitative estimate of drug-likeness (QED) is 0.178. The smallest absolute Gasteiger partial charge is 0.0640 e. The molecule has 0 unspecified atom stereocenters. The molecular formula is C45H31NS. The van der Waals surface area contributed by atoms with Crippen LogP contribution in [0, 0.1) is 0 Å². The topological polar surface area (TPSA) is 3.24 Å². The van der Waals surface area contributed by atoms with Crippen molar-refractivity contribution in [3.8, 4) is 11.1 Å². The summed E-state index contributed by atoms with van der Waals surface area (Å²) in [4.78, 5) is 2.50. The van der Waals surface area contributed by atoms with Gasteiger partial charge in [0.1, 0.15) is 0 Å². The first-order valence-corrected chi connectivity index (χ1v) is 17.2. The van der Waals surface area contributed by atoms with E-state index in [4.69, 9.17) is 0 Å². The number of hydrogen-bond donors (Lipinski definition) is 0. The van der Waals surface area contributed by atoms with E-state index in [-0.39, 0.29) is 5.41 Å². The van der Waals surface area contributed by atoms with Crippen molar-refractivity contribution in [2.24, 2.45) is 0 Å². The van der Waals surface area contributed by atoms with Crippen molar-refractivity contribution in [1.29, 1.82) is 0 Å². The summed E-state index contributed by atoms with van der Waals surface area (Å²) in [6.45, 7) is 4.73. The molecular weight excluding hydrogens is 587 g/mol. The number of fused-ring (bicyclic) bond motifs is 12. The fourth-order valence-electron chi connectivity index (χ4n) is 8.20. The van der Waals surface area contributed by atoms with Crippen LogP contribution < -0.4 is 4.90 Å². The molecule has 0 spiro atoms. The fourth-order valence-corrected chi connectivity index (χ4v) is 9.41. The van der Waals surface area contributed by atoms with Crippen molar-refractivity contribution >= 4 is 80.9 Å². The van der Waals surface area contributed by atoms with Gasteiger partial charge in [-0.25, -0.2) is 0 Å². The first kappa shape index (κ1) is 26.7. The van der Waals surface area contributed by atoms with Crippen molar-refractivity contribution in [2.75, 3.05) is 4.90 Å². The first-order chi connectivity index (χ1) is 23.1. The minimum absolute atomic E-state index is 0.0876. The third-order valence-corrected chi connectivity index (χ3v) is 11.6. The Bertz CT molecular complexity index is 2690. The van der Waals surface area contributed by atoms with Gasteiger partial charge in [0.25, 0.3) is 0 Å². The molecule has 0 saturated heterocycles. The number of hydrogen-bond acceptors (Lipinski definition) is 2. The highest BCUT2D eigenvalue weighted by Crippen LogP contribution is 2.52. The molecule has 47 heavy (non-hydrogen) atoms. The lowest BCUT2D eigenvalue weighted by atomic mass is 9.82. The van der Waals surface area contributed by atoms with Gasteiger partial charge in [-0.3, -0.25) is 0 Å². The Morgan fingerprint density at radius 3 is 1.74 bits per heavy atom. The van der Waals surface area contributed by atoms with Gasteiger partial charge in [0, 0.05) is 32.3 Å². The molecule has 0 atom stereocenters. The van der Waals surface area contributed by atoms with Crippen LogP contribution in [0.15, 0.2) is 152 Å². The molecule has 2 heteroatoms. The minimum atomic E-state index is -0.0876. The largest absolute Gasteiger partial charge is 0.309 e. The number of thiophene rings is 1. The molecule has 8 aromatic carbocycles. The van der Waals surface area contributed by atoms with Crippen LogP contribution in [0.1, 0.15) is 25.0 Å². The Morgan fingerprint density at radius 1 is 0.426 bits per heavy atom. The Morgan fingerprint density at radius 2 is 0.979 bits per heavy atom. The molecule has 10 rings (SSSR count). The van der Waals surface area contributed by atoms with Gasteiger partial charge in [-0.2, -0.15) is 0 Å². The predicted octanol–water partition coefficient (Wildman–Crippen LogP) is 13.3. The van der Waals surface area contributed by atoms with Crippen LogP contribution in [-0.2, 0) is 5.41 Å². The molecule has 1 aliphatic rings. The van der Waals surface area contributed by atoms with Gasteiger partial charge >= 0.3 is 0 Å². The summed E-state index contributed by atoms with van der Waals surface area (Å²) in [6.07, 6.45) is 0. The van der Waals surface area contributed by atoms with Crippen molar-refractivity contribution < 1.29 is 0 Å². The van der Waals surface area contributed by atoms with E-state index in [0.717, 1.165) is 5.69 Å². The lowest BCUT2D eigenvalue weighted by molar-refractivity contribution is 0.660. The van der Waals surface area contributed by atoms with E-state index < -0.39 is 0 Å². The third kappa shape index (κ3) is 3.77. The van der Waals surface area contributed by atoms with Crippen LogP contribution in [0.25, 0.3) is 63.6 Å². The Balaban J connectivity index is 1.28. The minimum Gasteiger partial charge on any atom is -0.309 e. The van der Waals surface area contributed by atoms with Crippen molar-refractivity contribution in [2.45, 2.75) is 19.3 Å². The molecule has 0 amide bonds. The first-order valence-electron chi connectivity index (χ1n) is 16.4. The second kappa shape index (κ2) is 9.78. The fraction of sp³-hybridized carbons (Fsp3) is 0.0667. The zero-order valence-corrected chi connectivity index (χ0v) is 27.1. The zero-order valence-electron chi connectivity index (χ0n) is 26.3. The molecule has 1 aromatic heterocycles. The second-order valence-electron chi connectivity index (χ2n) is 13.3. The Kier molecular flexibility index (Phi) is 5.57. The maximum atomic E-state index is 2.50. The van der Waals surface area contributed by atoms with Crippen molar-refractivity contribution in [3.63, 3.8) is 0 Å². The summed E-state index contributed by atoms with van der Waals surface area (Å²) in [6, 6.07) is 56.4. The predicted molar refractivity (Wildman–Crippen MR) is 204 cm³/mol. The van der Waals surface area contributed by atoms with E-state index in [1.165, 1.54) is 86.1 Å². The van der Waals surface area contributed by atoms with Gasteiger partial charge in [-0.15, -0.1) is 11.3 Å². The van der Waals surface area contributed by atoms with Gasteiger partial charge in [0.2, 0.25) is 0 Å². The Labute approximate surface area is 278 Å². The van der Waals surface area contributed by atoms with E-state index >= 15 is 0 Å². The molecule has 0 aliphatic heterocycles. The van der Waals surface area contributed by atoms with Crippen LogP contribution >= 0.6 is 11.3 Å². The average Bonchev–Trinajstić information content (AvgIpc) is 3.61. The van der Waals surface area contributed by atoms with Gasteiger partial charge in [-0.05, 0) is 91.0 Å². The van der Waals surface area contributed by atoms with Crippen molar-refractivity contribution in [3.05, 3.63) is 163 Å². The SMILES string of the molecule is CC1(C)c2ccccc2-c2ccc(N(c3ccc4c5ccccc5c5ccccc5c4c3)c3cccc4c3sc3ccccc34)cc21. The number of anilines is 3. The molecule has 9 aromatic rings. The second-order valence-corrected chi connectivity index (χ2v) is 14.4. The molecule has 0 radical (unpaired) electrons. The lowest BCUT2D eigenvalue weighted by Crippen LogP contribution is -2.16. The molecule has 0 bridgehead atoms. The van der Waals surface area contributed by atoms with Gasteiger partial charge in [0.05, 0.1) is 10.4 Å². The highest BCUT2D eigenvalue weighted by molar-refractivity contribution is 7.26. The third-order valence-electron chi connectivity index (χ3n) is 10.4. The monoisotopic (exact) mass is 617 g/mol. The number of rotatable bonds is 3. The van der Waals surface area contributed by atoms with E-state index in [1.54, 1.807) is 0 Å². The molecule has 1 nitrogen and oxygen atoms in total. The molecule has 1 aliphatic carbocycles. The summed E-state index contributed by atoms with van der Waals surface area (Å²) in [5.74, 6) is 0.